The van der Waals surface area contributed by atoms with Gasteiger partial charge in [0.05, 0.1) is 7.11 Å². The summed E-state index contributed by atoms with van der Waals surface area (Å²) >= 11 is 5.82. The Labute approximate surface area is 140 Å². The van der Waals surface area contributed by atoms with Gasteiger partial charge >= 0.3 is 0 Å². The maximum Gasteiger partial charge on any atom is 0.160 e. The second-order valence-corrected chi connectivity index (χ2v) is 6.64. The Bertz CT molecular complexity index is 740. The minimum atomic E-state index is 0.209. The van der Waals surface area contributed by atoms with E-state index in [0.717, 1.165) is 43.9 Å². The Hall–Kier alpha value is -1.65. The topological polar surface area (TPSA) is 45.8 Å². The molecule has 2 aliphatic heterocycles. The number of ether oxygens (including phenoxy) is 1. The van der Waals surface area contributed by atoms with Crippen molar-refractivity contribution >= 4 is 11.6 Å². The second-order valence-electron chi connectivity index (χ2n) is 6.26. The van der Waals surface area contributed by atoms with Crippen LogP contribution in [0.4, 0.5) is 0 Å². The molecule has 5 heteroatoms. The smallest absolute Gasteiger partial charge is 0.160 e. The molecule has 0 radical (unpaired) electrons. The van der Waals surface area contributed by atoms with E-state index < -0.39 is 0 Å². The van der Waals surface area contributed by atoms with E-state index in [9.17, 15) is 5.11 Å². The van der Waals surface area contributed by atoms with Crippen molar-refractivity contribution in [3.63, 3.8) is 0 Å². The highest BCUT2D eigenvalue weighted by Crippen LogP contribution is 2.42. The normalized spacial score (nSPS) is 19.8. The molecular formula is C18H20ClNO3. The van der Waals surface area contributed by atoms with Gasteiger partial charge in [0.1, 0.15) is 11.5 Å². The first-order valence-corrected chi connectivity index (χ1v) is 8.53. The fourth-order valence-electron chi connectivity index (χ4n) is 3.81. The largest absolute Gasteiger partial charge is 0.504 e. The summed E-state index contributed by atoms with van der Waals surface area (Å²) in [5.74, 6) is 3.38. The molecule has 3 heterocycles. The van der Waals surface area contributed by atoms with Gasteiger partial charge in [-0.2, -0.15) is 0 Å². The fourth-order valence-corrected chi connectivity index (χ4v) is 3.99. The number of aromatic hydroxyl groups is 1. The SMILES string of the molecule is COc1cc2c(cc1O)C1Cc3oc(CCCl)cc3CN1CC2. The van der Waals surface area contributed by atoms with Crippen LogP contribution in [0.15, 0.2) is 22.6 Å². The van der Waals surface area contributed by atoms with E-state index >= 15 is 0 Å². The van der Waals surface area contributed by atoms with E-state index in [0.29, 0.717) is 11.6 Å². The van der Waals surface area contributed by atoms with Gasteiger partial charge in [-0.3, -0.25) is 4.90 Å². The van der Waals surface area contributed by atoms with Crippen molar-refractivity contribution in [3.8, 4) is 11.5 Å². The van der Waals surface area contributed by atoms with E-state index in [-0.39, 0.29) is 11.8 Å². The van der Waals surface area contributed by atoms with Crippen molar-refractivity contribution in [2.45, 2.75) is 31.8 Å². The van der Waals surface area contributed by atoms with Crippen LogP contribution in [0.5, 0.6) is 11.5 Å². The molecule has 1 aromatic carbocycles. The summed E-state index contributed by atoms with van der Waals surface area (Å²) in [4.78, 5) is 2.47. The number of phenolic OH excluding ortho intramolecular Hbond substituents is 1. The third-order valence-corrected chi connectivity index (χ3v) is 5.14. The summed E-state index contributed by atoms with van der Waals surface area (Å²) in [5.41, 5.74) is 3.73. The van der Waals surface area contributed by atoms with Crippen LogP contribution in [-0.4, -0.2) is 29.5 Å². The van der Waals surface area contributed by atoms with Crippen LogP contribution in [-0.2, 0) is 25.8 Å². The zero-order valence-corrected chi connectivity index (χ0v) is 13.9. The molecule has 1 aromatic heterocycles. The second kappa shape index (κ2) is 5.77. The van der Waals surface area contributed by atoms with Gasteiger partial charge in [-0.25, -0.2) is 0 Å². The number of aryl methyl sites for hydroxylation is 1. The lowest BCUT2D eigenvalue weighted by molar-refractivity contribution is 0.150. The van der Waals surface area contributed by atoms with Crippen LogP contribution in [0, 0.1) is 0 Å². The molecule has 0 spiro atoms. The molecule has 1 unspecified atom stereocenters. The molecule has 0 amide bonds. The van der Waals surface area contributed by atoms with Crippen LogP contribution in [0.2, 0.25) is 0 Å². The van der Waals surface area contributed by atoms with Gasteiger partial charge < -0.3 is 14.3 Å². The Morgan fingerprint density at radius 2 is 2.22 bits per heavy atom. The van der Waals surface area contributed by atoms with Gasteiger partial charge in [0.25, 0.3) is 0 Å². The van der Waals surface area contributed by atoms with E-state index in [1.807, 2.05) is 12.1 Å². The predicted octanol–water partition coefficient (Wildman–Crippen LogP) is 3.43. The van der Waals surface area contributed by atoms with Crippen LogP contribution >= 0.6 is 11.6 Å². The average Bonchev–Trinajstić information content (AvgIpc) is 2.94. The number of phenols is 1. The number of methoxy groups -OCH3 is 1. The molecular weight excluding hydrogens is 314 g/mol. The van der Waals surface area contributed by atoms with Gasteiger partial charge in [-0.1, -0.05) is 0 Å². The van der Waals surface area contributed by atoms with Crippen molar-refractivity contribution < 1.29 is 14.3 Å². The molecule has 0 bridgehead atoms. The van der Waals surface area contributed by atoms with E-state index in [1.54, 1.807) is 7.11 Å². The molecule has 23 heavy (non-hydrogen) atoms. The first-order valence-electron chi connectivity index (χ1n) is 8.00. The minimum Gasteiger partial charge on any atom is -0.504 e. The molecule has 122 valence electrons. The van der Waals surface area contributed by atoms with Crippen LogP contribution in [0.3, 0.4) is 0 Å². The third kappa shape index (κ3) is 2.50. The van der Waals surface area contributed by atoms with Crippen molar-refractivity contribution in [1.29, 1.82) is 0 Å². The van der Waals surface area contributed by atoms with Crippen LogP contribution in [0.25, 0.3) is 0 Å². The number of alkyl halides is 1. The van der Waals surface area contributed by atoms with Gasteiger partial charge in [0.2, 0.25) is 0 Å². The molecule has 4 rings (SSSR count). The predicted molar refractivity (Wildman–Crippen MR) is 88.3 cm³/mol. The van der Waals surface area contributed by atoms with Gasteiger partial charge in [0.15, 0.2) is 11.5 Å². The van der Waals surface area contributed by atoms with Crippen molar-refractivity contribution in [3.05, 3.63) is 46.4 Å². The lowest BCUT2D eigenvalue weighted by Crippen LogP contribution is -2.38. The molecule has 0 fully saturated rings. The zero-order chi connectivity index (χ0) is 16.0. The monoisotopic (exact) mass is 333 g/mol. The molecule has 4 nitrogen and oxygen atoms in total. The summed E-state index contributed by atoms with van der Waals surface area (Å²) in [6.07, 6.45) is 2.59. The number of benzene rings is 1. The fraction of sp³-hybridized carbons (Fsp3) is 0.444. The van der Waals surface area contributed by atoms with Gasteiger partial charge in [-0.15, -0.1) is 11.6 Å². The van der Waals surface area contributed by atoms with E-state index in [4.69, 9.17) is 20.8 Å². The number of hydrogen-bond acceptors (Lipinski definition) is 4. The minimum absolute atomic E-state index is 0.209. The summed E-state index contributed by atoms with van der Waals surface area (Å²) in [5, 5.41) is 10.1. The Morgan fingerprint density at radius 1 is 1.35 bits per heavy atom. The highest BCUT2D eigenvalue weighted by atomic mass is 35.5. The standard InChI is InChI=1S/C18H20ClNO3/c1-22-18-7-11-3-5-20-10-12-6-13(2-4-19)23-17(12)9-15(20)14(11)8-16(18)21/h6-8,15,21H,2-5,9-10H2,1H3. The summed E-state index contributed by atoms with van der Waals surface area (Å²) in [6.45, 7) is 1.92. The third-order valence-electron chi connectivity index (χ3n) is 4.95. The molecule has 2 aliphatic rings. The number of nitrogens with zero attached hydrogens (tertiary/aromatic N) is 1. The highest BCUT2D eigenvalue weighted by molar-refractivity contribution is 6.17. The molecule has 2 aromatic rings. The lowest BCUT2D eigenvalue weighted by Gasteiger charge is -2.40. The average molecular weight is 334 g/mol. The van der Waals surface area contributed by atoms with E-state index in [2.05, 4.69) is 11.0 Å². The molecule has 1 atom stereocenters. The Balaban J connectivity index is 1.69. The zero-order valence-electron chi connectivity index (χ0n) is 13.1. The first kappa shape index (κ1) is 14.9. The Morgan fingerprint density at radius 3 is 3.00 bits per heavy atom. The number of hydrogen-bond donors (Lipinski definition) is 1. The van der Waals surface area contributed by atoms with Crippen molar-refractivity contribution in [2.24, 2.45) is 0 Å². The van der Waals surface area contributed by atoms with Crippen LogP contribution in [0.1, 0.15) is 34.3 Å². The van der Waals surface area contributed by atoms with Gasteiger partial charge in [0, 0.05) is 43.4 Å². The highest BCUT2D eigenvalue weighted by Gasteiger charge is 2.34. The lowest BCUT2D eigenvalue weighted by atomic mass is 9.86. The van der Waals surface area contributed by atoms with Gasteiger partial charge in [-0.05, 0) is 35.7 Å². The summed E-state index contributed by atoms with van der Waals surface area (Å²) in [7, 11) is 1.59. The maximum absolute atomic E-state index is 10.1. The molecule has 0 saturated heterocycles. The number of halogens is 1. The quantitative estimate of drug-likeness (QED) is 0.874. The van der Waals surface area contributed by atoms with Crippen molar-refractivity contribution in [1.82, 2.24) is 4.90 Å². The Kier molecular flexibility index (Phi) is 3.74. The van der Waals surface area contributed by atoms with Crippen LogP contribution < -0.4 is 4.74 Å². The van der Waals surface area contributed by atoms with E-state index in [1.165, 1.54) is 16.7 Å². The first-order chi connectivity index (χ1) is 11.2. The summed E-state index contributed by atoms with van der Waals surface area (Å²) in [6, 6.07) is 6.24. The number of rotatable bonds is 3. The van der Waals surface area contributed by atoms with Crippen molar-refractivity contribution in [2.75, 3.05) is 19.5 Å². The molecule has 0 saturated carbocycles. The molecule has 1 N–H and O–H groups in total. The maximum atomic E-state index is 10.1. The molecule has 0 aliphatic carbocycles. The number of furan rings is 1. The number of fused-ring (bicyclic) bond motifs is 4. The summed E-state index contributed by atoms with van der Waals surface area (Å²) < 4.78 is 11.2.